The highest BCUT2D eigenvalue weighted by atomic mass is 16.1. The summed E-state index contributed by atoms with van der Waals surface area (Å²) in [5, 5.41) is 6.32. The largest absolute Gasteiger partial charge is 0.296 e. The molecular formula is C18H18N2O. The molecule has 1 atom stereocenters. The van der Waals surface area contributed by atoms with Crippen molar-refractivity contribution in [3.8, 4) is 0 Å². The van der Waals surface area contributed by atoms with Crippen LogP contribution in [0.3, 0.4) is 0 Å². The molecular weight excluding hydrogens is 260 g/mol. The van der Waals surface area contributed by atoms with Crippen molar-refractivity contribution >= 4 is 12.0 Å². The summed E-state index contributed by atoms with van der Waals surface area (Å²) >= 11 is 0. The number of nitrogens with zero attached hydrogens (tertiary/aromatic N) is 2. The summed E-state index contributed by atoms with van der Waals surface area (Å²) in [6.45, 7) is 1.53. The molecule has 0 aliphatic carbocycles. The number of hydrazone groups is 1. The van der Waals surface area contributed by atoms with Crippen LogP contribution >= 0.6 is 0 Å². The molecule has 0 spiro atoms. The number of rotatable bonds is 5. The Morgan fingerprint density at radius 3 is 2.33 bits per heavy atom. The summed E-state index contributed by atoms with van der Waals surface area (Å²) in [5.41, 5.74) is 1.81. The quantitative estimate of drug-likeness (QED) is 0.786. The Bertz CT molecular complexity index is 622. The molecule has 2 aromatic carbocycles. The molecule has 0 fully saturated rings. The second-order valence-corrected chi connectivity index (χ2v) is 5.19. The van der Waals surface area contributed by atoms with Crippen molar-refractivity contribution in [1.82, 2.24) is 5.01 Å². The fourth-order valence-electron chi connectivity index (χ4n) is 2.62. The molecule has 0 aromatic heterocycles. The first-order valence-electron chi connectivity index (χ1n) is 7.26. The molecule has 106 valence electrons. The highest BCUT2D eigenvalue weighted by molar-refractivity contribution is 6.01. The van der Waals surface area contributed by atoms with E-state index in [1.807, 2.05) is 71.9 Å². The van der Waals surface area contributed by atoms with Gasteiger partial charge in [0.15, 0.2) is 5.78 Å². The van der Waals surface area contributed by atoms with Crippen LogP contribution in [0.25, 0.3) is 0 Å². The van der Waals surface area contributed by atoms with Gasteiger partial charge in [-0.15, -0.1) is 0 Å². The summed E-state index contributed by atoms with van der Waals surface area (Å²) in [5.74, 6) is -0.0206. The number of hydrogen-bond acceptors (Lipinski definition) is 3. The van der Waals surface area contributed by atoms with Crippen LogP contribution < -0.4 is 0 Å². The summed E-state index contributed by atoms with van der Waals surface area (Å²) in [6.07, 6.45) is 2.87. The molecule has 0 saturated heterocycles. The van der Waals surface area contributed by atoms with Gasteiger partial charge in [-0.3, -0.25) is 9.80 Å². The number of hydrogen-bond donors (Lipinski definition) is 0. The van der Waals surface area contributed by atoms with Crippen LogP contribution in [-0.2, 0) is 0 Å². The van der Waals surface area contributed by atoms with Gasteiger partial charge < -0.3 is 0 Å². The van der Waals surface area contributed by atoms with E-state index in [0.717, 1.165) is 24.1 Å². The van der Waals surface area contributed by atoms with Gasteiger partial charge in [-0.1, -0.05) is 60.7 Å². The van der Waals surface area contributed by atoms with Crippen molar-refractivity contribution in [2.45, 2.75) is 12.3 Å². The maximum atomic E-state index is 12.9. The molecule has 3 rings (SSSR count). The molecule has 0 radical (unpaired) electrons. The Morgan fingerprint density at radius 1 is 1.05 bits per heavy atom. The molecule has 0 unspecified atom stereocenters. The average Bonchev–Trinajstić information content (AvgIpc) is 3.07. The van der Waals surface area contributed by atoms with Crippen molar-refractivity contribution in [3.05, 3.63) is 71.8 Å². The molecule has 3 heteroatoms. The normalized spacial score (nSPS) is 15.1. The molecule has 2 aromatic rings. The standard InChI is InChI=1S/C18H18N2O/c21-18(16-10-5-2-6-11-16)17(14-20-13-7-12-19-20)15-8-3-1-4-9-15/h1-6,8-12,17H,7,13-14H2/t17-/m1/s1. The highest BCUT2D eigenvalue weighted by Gasteiger charge is 2.24. The Kier molecular flexibility index (Phi) is 4.10. The lowest BCUT2D eigenvalue weighted by atomic mass is 9.90. The zero-order valence-electron chi connectivity index (χ0n) is 11.9. The van der Waals surface area contributed by atoms with E-state index in [2.05, 4.69) is 5.10 Å². The molecule has 21 heavy (non-hydrogen) atoms. The predicted molar refractivity (Wildman–Crippen MR) is 84.6 cm³/mol. The Morgan fingerprint density at radius 2 is 1.71 bits per heavy atom. The van der Waals surface area contributed by atoms with E-state index in [1.54, 1.807) is 0 Å². The minimum absolute atomic E-state index is 0.156. The van der Waals surface area contributed by atoms with Gasteiger partial charge in [0.1, 0.15) is 0 Å². The van der Waals surface area contributed by atoms with Crippen LogP contribution in [0, 0.1) is 0 Å². The lowest BCUT2D eigenvalue weighted by molar-refractivity contribution is 0.0937. The summed E-state index contributed by atoms with van der Waals surface area (Å²) < 4.78 is 0. The van der Waals surface area contributed by atoms with Gasteiger partial charge in [0, 0.05) is 24.7 Å². The molecule has 1 aliphatic heterocycles. The Labute approximate surface area is 124 Å². The fraction of sp³-hybridized carbons (Fsp3) is 0.222. The number of carbonyl (C=O) groups excluding carboxylic acids is 1. The van der Waals surface area contributed by atoms with Crippen molar-refractivity contribution in [2.75, 3.05) is 13.1 Å². The van der Waals surface area contributed by atoms with Gasteiger partial charge in [-0.05, 0) is 5.56 Å². The molecule has 3 nitrogen and oxygen atoms in total. The van der Waals surface area contributed by atoms with E-state index in [0.29, 0.717) is 6.54 Å². The van der Waals surface area contributed by atoms with E-state index in [4.69, 9.17) is 0 Å². The number of benzene rings is 2. The lowest BCUT2D eigenvalue weighted by Crippen LogP contribution is -2.27. The highest BCUT2D eigenvalue weighted by Crippen LogP contribution is 2.23. The van der Waals surface area contributed by atoms with Crippen LogP contribution in [0.4, 0.5) is 0 Å². The summed E-state index contributed by atoms with van der Waals surface area (Å²) in [7, 11) is 0. The minimum Gasteiger partial charge on any atom is -0.296 e. The van der Waals surface area contributed by atoms with Crippen molar-refractivity contribution < 1.29 is 4.79 Å². The van der Waals surface area contributed by atoms with Gasteiger partial charge in [0.25, 0.3) is 0 Å². The zero-order valence-corrected chi connectivity index (χ0v) is 11.9. The maximum Gasteiger partial charge on any atom is 0.172 e. The van der Waals surface area contributed by atoms with Crippen LogP contribution in [0.2, 0.25) is 0 Å². The van der Waals surface area contributed by atoms with Gasteiger partial charge in [-0.25, -0.2) is 0 Å². The van der Waals surface area contributed by atoms with Crippen molar-refractivity contribution in [2.24, 2.45) is 5.10 Å². The average molecular weight is 278 g/mol. The SMILES string of the molecule is O=C(c1ccccc1)[C@H](CN1CCC=N1)c1ccccc1. The predicted octanol–water partition coefficient (Wildman–Crippen LogP) is 3.34. The Hall–Kier alpha value is -2.42. The lowest BCUT2D eigenvalue weighted by Gasteiger charge is -2.22. The summed E-state index contributed by atoms with van der Waals surface area (Å²) in [6, 6.07) is 19.5. The third-order valence-corrected chi connectivity index (χ3v) is 3.73. The number of carbonyl (C=O) groups is 1. The van der Waals surface area contributed by atoms with Gasteiger partial charge in [0.05, 0.1) is 12.5 Å². The fourth-order valence-corrected chi connectivity index (χ4v) is 2.62. The molecule has 0 saturated carbocycles. The molecule has 0 bridgehead atoms. The van der Waals surface area contributed by atoms with Crippen LogP contribution in [0.1, 0.15) is 28.3 Å². The van der Waals surface area contributed by atoms with Crippen molar-refractivity contribution in [1.29, 1.82) is 0 Å². The van der Waals surface area contributed by atoms with E-state index < -0.39 is 0 Å². The van der Waals surface area contributed by atoms with Gasteiger partial charge in [-0.2, -0.15) is 5.10 Å². The molecule has 1 heterocycles. The number of ketones is 1. The molecule has 0 amide bonds. The maximum absolute atomic E-state index is 12.9. The monoisotopic (exact) mass is 278 g/mol. The van der Waals surface area contributed by atoms with Crippen molar-refractivity contribution in [3.63, 3.8) is 0 Å². The second-order valence-electron chi connectivity index (χ2n) is 5.19. The number of Topliss-reactive ketones (excluding diaryl/α,β-unsaturated/α-hetero) is 1. The topological polar surface area (TPSA) is 32.7 Å². The van der Waals surface area contributed by atoms with Crippen LogP contribution in [0.15, 0.2) is 65.8 Å². The smallest absolute Gasteiger partial charge is 0.172 e. The van der Waals surface area contributed by atoms with Gasteiger partial charge >= 0.3 is 0 Å². The van der Waals surface area contributed by atoms with Gasteiger partial charge in [0.2, 0.25) is 0 Å². The van der Waals surface area contributed by atoms with E-state index in [-0.39, 0.29) is 11.7 Å². The third kappa shape index (κ3) is 3.19. The molecule has 0 N–H and O–H groups in total. The van der Waals surface area contributed by atoms with E-state index in [9.17, 15) is 4.79 Å². The first-order chi connectivity index (χ1) is 10.3. The van der Waals surface area contributed by atoms with Crippen LogP contribution in [-0.4, -0.2) is 30.1 Å². The Balaban J connectivity index is 1.88. The van der Waals surface area contributed by atoms with E-state index in [1.165, 1.54) is 0 Å². The summed E-state index contributed by atoms with van der Waals surface area (Å²) in [4.78, 5) is 12.9. The zero-order chi connectivity index (χ0) is 14.5. The third-order valence-electron chi connectivity index (χ3n) is 3.73. The van der Waals surface area contributed by atoms with Crippen LogP contribution in [0.5, 0.6) is 0 Å². The first kappa shape index (κ1) is 13.6. The van der Waals surface area contributed by atoms with E-state index >= 15 is 0 Å². The first-order valence-corrected chi connectivity index (χ1v) is 7.26. The minimum atomic E-state index is -0.177. The second kappa shape index (κ2) is 6.35. The molecule has 1 aliphatic rings.